The maximum atomic E-state index is 10.8. The quantitative estimate of drug-likeness (QED) is 0.666. The lowest BCUT2D eigenvalue weighted by Gasteiger charge is -2.04. The van der Waals surface area contributed by atoms with Crippen molar-refractivity contribution in [2.75, 3.05) is 0 Å². The number of fused-ring (bicyclic) bond motifs is 1. The molecule has 19 heavy (non-hydrogen) atoms. The van der Waals surface area contributed by atoms with Crippen LogP contribution in [0, 0.1) is 0 Å². The zero-order chi connectivity index (χ0) is 13.4. The van der Waals surface area contributed by atoms with E-state index < -0.39 is 0 Å². The van der Waals surface area contributed by atoms with Crippen molar-refractivity contribution < 1.29 is 4.79 Å². The van der Waals surface area contributed by atoms with Crippen molar-refractivity contribution in [1.82, 2.24) is 9.55 Å². The molecule has 2 heterocycles. The van der Waals surface area contributed by atoms with Crippen LogP contribution in [0.15, 0.2) is 42.7 Å². The first kappa shape index (κ1) is 11.9. The fraction of sp³-hybridized carbons (Fsp3) is 0.0667. The van der Waals surface area contributed by atoms with Crippen molar-refractivity contribution in [3.8, 4) is 11.3 Å². The van der Waals surface area contributed by atoms with Gasteiger partial charge in [-0.3, -0.25) is 9.78 Å². The van der Waals surface area contributed by atoms with Crippen molar-refractivity contribution in [2.45, 2.75) is 0 Å². The Balaban J connectivity index is 2.24. The van der Waals surface area contributed by atoms with E-state index in [0.717, 1.165) is 28.4 Å². The van der Waals surface area contributed by atoms with Gasteiger partial charge in [-0.05, 0) is 24.3 Å². The van der Waals surface area contributed by atoms with Crippen LogP contribution in [0.3, 0.4) is 0 Å². The number of carbonyl (C=O) groups is 1. The van der Waals surface area contributed by atoms with Crippen LogP contribution in [0.5, 0.6) is 0 Å². The van der Waals surface area contributed by atoms with Gasteiger partial charge in [-0.15, -0.1) is 0 Å². The van der Waals surface area contributed by atoms with E-state index in [-0.39, 0.29) is 0 Å². The summed E-state index contributed by atoms with van der Waals surface area (Å²) in [5.74, 6) is 0. The van der Waals surface area contributed by atoms with Gasteiger partial charge in [0.15, 0.2) is 6.29 Å². The molecule has 0 unspecified atom stereocenters. The molecule has 4 heteroatoms. The fourth-order valence-corrected chi connectivity index (χ4v) is 2.41. The molecule has 0 saturated heterocycles. The predicted molar refractivity (Wildman–Crippen MR) is 76.5 cm³/mol. The predicted octanol–water partition coefficient (Wildman–Crippen LogP) is 3.71. The highest BCUT2D eigenvalue weighted by Crippen LogP contribution is 2.28. The molecule has 0 aliphatic rings. The molecule has 0 N–H and O–H groups in total. The van der Waals surface area contributed by atoms with E-state index in [1.165, 1.54) is 0 Å². The zero-order valence-electron chi connectivity index (χ0n) is 10.3. The third-order valence-electron chi connectivity index (χ3n) is 3.20. The van der Waals surface area contributed by atoms with E-state index in [9.17, 15) is 4.79 Å². The van der Waals surface area contributed by atoms with Gasteiger partial charge in [-0.25, -0.2) is 0 Å². The monoisotopic (exact) mass is 270 g/mol. The molecular formula is C15H11ClN2O. The molecule has 0 aliphatic carbocycles. The van der Waals surface area contributed by atoms with Crippen LogP contribution in [0.4, 0.5) is 0 Å². The molecule has 0 aliphatic heterocycles. The second-order valence-electron chi connectivity index (χ2n) is 4.42. The van der Waals surface area contributed by atoms with Gasteiger partial charge in [-0.1, -0.05) is 17.7 Å². The van der Waals surface area contributed by atoms with E-state index in [4.69, 9.17) is 11.6 Å². The Bertz CT molecular complexity index is 777. The Morgan fingerprint density at radius 3 is 2.84 bits per heavy atom. The number of aromatic nitrogens is 2. The molecule has 0 bridgehead atoms. The second kappa shape index (κ2) is 4.52. The number of benzene rings is 1. The highest BCUT2D eigenvalue weighted by atomic mass is 35.5. The van der Waals surface area contributed by atoms with Crippen molar-refractivity contribution in [3.63, 3.8) is 0 Å². The van der Waals surface area contributed by atoms with E-state index in [1.54, 1.807) is 12.4 Å². The Hall–Kier alpha value is -2.13. The molecule has 0 amide bonds. The molecule has 0 radical (unpaired) electrons. The summed E-state index contributed by atoms with van der Waals surface area (Å²) < 4.78 is 2.05. The summed E-state index contributed by atoms with van der Waals surface area (Å²) >= 11 is 6.02. The molecular weight excluding hydrogens is 260 g/mol. The molecule has 0 atom stereocenters. The van der Waals surface area contributed by atoms with Gasteiger partial charge in [0.05, 0.1) is 5.69 Å². The minimum atomic E-state index is 0.570. The maximum absolute atomic E-state index is 10.8. The summed E-state index contributed by atoms with van der Waals surface area (Å²) in [5, 5.41) is 1.82. The molecule has 0 saturated carbocycles. The minimum Gasteiger partial charge on any atom is -0.344 e. The average Bonchev–Trinajstić information content (AvgIpc) is 2.76. The number of halogens is 1. The highest BCUT2D eigenvalue weighted by molar-refractivity contribution is 6.31. The van der Waals surface area contributed by atoms with Crippen molar-refractivity contribution in [3.05, 3.63) is 53.3 Å². The fourth-order valence-electron chi connectivity index (χ4n) is 2.24. The lowest BCUT2D eigenvalue weighted by molar-refractivity contribution is 0.112. The second-order valence-corrected chi connectivity index (χ2v) is 4.85. The normalized spacial score (nSPS) is 10.8. The summed E-state index contributed by atoms with van der Waals surface area (Å²) in [7, 11) is 1.97. The van der Waals surface area contributed by atoms with Crippen LogP contribution in [-0.4, -0.2) is 15.8 Å². The molecule has 3 nitrogen and oxygen atoms in total. The number of aldehydes is 1. The summed E-state index contributed by atoms with van der Waals surface area (Å²) in [6, 6.07) is 9.68. The first-order valence-electron chi connectivity index (χ1n) is 5.84. The van der Waals surface area contributed by atoms with Crippen LogP contribution < -0.4 is 0 Å². The summed E-state index contributed by atoms with van der Waals surface area (Å²) in [6.07, 6.45) is 4.11. The van der Waals surface area contributed by atoms with E-state index in [0.29, 0.717) is 10.6 Å². The van der Waals surface area contributed by atoms with Gasteiger partial charge < -0.3 is 4.57 Å². The largest absolute Gasteiger partial charge is 0.344 e. The zero-order valence-corrected chi connectivity index (χ0v) is 11.1. The van der Waals surface area contributed by atoms with Crippen molar-refractivity contribution >= 4 is 28.8 Å². The standard InChI is InChI=1S/C15H11ClN2O/c1-18-14(12-4-10(9-19)7-17-8-12)5-11-2-3-13(16)6-15(11)18/h2-9H,1H3. The van der Waals surface area contributed by atoms with Gasteiger partial charge >= 0.3 is 0 Å². The number of aryl methyl sites for hydroxylation is 1. The molecule has 3 rings (SSSR count). The molecule has 0 fully saturated rings. The van der Waals surface area contributed by atoms with Gasteiger partial charge in [0.1, 0.15) is 0 Å². The average molecular weight is 271 g/mol. The van der Waals surface area contributed by atoms with E-state index >= 15 is 0 Å². The number of pyridine rings is 1. The van der Waals surface area contributed by atoms with Crippen LogP contribution in [0.2, 0.25) is 5.02 Å². The number of carbonyl (C=O) groups excluding carboxylic acids is 1. The topological polar surface area (TPSA) is 34.9 Å². The number of hydrogen-bond acceptors (Lipinski definition) is 2. The Labute approximate surface area is 115 Å². The Kier molecular flexibility index (Phi) is 2.84. The van der Waals surface area contributed by atoms with Gasteiger partial charge in [0.25, 0.3) is 0 Å². The number of rotatable bonds is 2. The lowest BCUT2D eigenvalue weighted by atomic mass is 10.1. The van der Waals surface area contributed by atoms with Crippen molar-refractivity contribution in [1.29, 1.82) is 0 Å². The SMILES string of the molecule is Cn1c(-c2cncc(C=O)c2)cc2ccc(Cl)cc21. The lowest BCUT2D eigenvalue weighted by Crippen LogP contribution is -1.93. The molecule has 2 aromatic heterocycles. The third kappa shape index (κ3) is 2.02. The highest BCUT2D eigenvalue weighted by Gasteiger charge is 2.09. The summed E-state index contributed by atoms with van der Waals surface area (Å²) in [4.78, 5) is 14.9. The van der Waals surface area contributed by atoms with Gasteiger partial charge in [-0.2, -0.15) is 0 Å². The maximum Gasteiger partial charge on any atom is 0.151 e. The van der Waals surface area contributed by atoms with Gasteiger partial charge in [0.2, 0.25) is 0 Å². The van der Waals surface area contributed by atoms with Crippen molar-refractivity contribution in [2.24, 2.45) is 7.05 Å². The van der Waals surface area contributed by atoms with Crippen LogP contribution in [0.1, 0.15) is 10.4 Å². The number of hydrogen-bond donors (Lipinski definition) is 0. The minimum absolute atomic E-state index is 0.570. The number of nitrogens with zero attached hydrogens (tertiary/aromatic N) is 2. The summed E-state index contributed by atoms with van der Waals surface area (Å²) in [5.41, 5.74) is 3.55. The van der Waals surface area contributed by atoms with E-state index in [1.807, 2.05) is 35.9 Å². The Morgan fingerprint density at radius 1 is 1.21 bits per heavy atom. The molecule has 0 spiro atoms. The third-order valence-corrected chi connectivity index (χ3v) is 3.43. The molecule has 3 aromatic rings. The Morgan fingerprint density at radius 2 is 2.05 bits per heavy atom. The van der Waals surface area contributed by atoms with Crippen LogP contribution >= 0.6 is 11.6 Å². The van der Waals surface area contributed by atoms with Crippen LogP contribution in [0.25, 0.3) is 22.2 Å². The molecule has 1 aromatic carbocycles. The smallest absolute Gasteiger partial charge is 0.151 e. The summed E-state index contributed by atoms with van der Waals surface area (Å²) in [6.45, 7) is 0. The van der Waals surface area contributed by atoms with Gasteiger partial charge in [0, 0.05) is 46.5 Å². The van der Waals surface area contributed by atoms with Crippen LogP contribution in [-0.2, 0) is 7.05 Å². The first-order valence-corrected chi connectivity index (χ1v) is 6.22. The first-order chi connectivity index (χ1) is 9.19. The molecule has 94 valence electrons. The van der Waals surface area contributed by atoms with E-state index in [2.05, 4.69) is 11.1 Å².